The van der Waals surface area contributed by atoms with Crippen molar-refractivity contribution in [3.63, 3.8) is 0 Å². The molecule has 2 N–H and O–H groups in total. The molecular formula is C21H23N3O3S. The Morgan fingerprint density at radius 1 is 1.11 bits per heavy atom. The Bertz CT molecular complexity index is 879. The van der Waals surface area contributed by atoms with Crippen LogP contribution in [-0.4, -0.2) is 38.3 Å². The molecule has 0 aromatic heterocycles. The van der Waals surface area contributed by atoms with Gasteiger partial charge in [-0.25, -0.2) is 0 Å². The quantitative estimate of drug-likeness (QED) is 0.783. The molecule has 0 unspecified atom stereocenters. The van der Waals surface area contributed by atoms with E-state index in [0.717, 1.165) is 17.0 Å². The van der Waals surface area contributed by atoms with Gasteiger partial charge in [0.1, 0.15) is 0 Å². The van der Waals surface area contributed by atoms with Crippen molar-refractivity contribution >= 4 is 35.0 Å². The minimum atomic E-state index is -0.314. The first-order valence-corrected chi connectivity index (χ1v) is 9.98. The van der Waals surface area contributed by atoms with Gasteiger partial charge in [0.15, 0.2) is 5.76 Å². The van der Waals surface area contributed by atoms with Crippen LogP contribution in [0.5, 0.6) is 0 Å². The molecule has 146 valence electrons. The third kappa shape index (κ3) is 5.29. The molecule has 7 heteroatoms. The van der Waals surface area contributed by atoms with Crippen LogP contribution in [0.3, 0.4) is 0 Å². The zero-order chi connectivity index (χ0) is 19.9. The van der Waals surface area contributed by atoms with Gasteiger partial charge in [-0.2, -0.15) is 0 Å². The fraction of sp³-hybridized carbons (Fsp3) is 0.238. The lowest BCUT2D eigenvalue weighted by Gasteiger charge is -2.14. The first kappa shape index (κ1) is 19.8. The Morgan fingerprint density at radius 2 is 1.89 bits per heavy atom. The summed E-state index contributed by atoms with van der Waals surface area (Å²) in [5.74, 6) is 0.624. The Balaban J connectivity index is 1.58. The number of thioether (sulfide) groups is 1. The van der Waals surface area contributed by atoms with Gasteiger partial charge in [0.05, 0.1) is 6.61 Å². The zero-order valence-electron chi connectivity index (χ0n) is 15.9. The minimum Gasteiger partial charge on any atom is -0.487 e. The average Bonchev–Trinajstić information content (AvgIpc) is 2.73. The second-order valence-electron chi connectivity index (χ2n) is 6.48. The highest BCUT2D eigenvalue weighted by atomic mass is 32.2. The summed E-state index contributed by atoms with van der Waals surface area (Å²) in [6.07, 6.45) is 0. The van der Waals surface area contributed by atoms with E-state index in [9.17, 15) is 9.59 Å². The summed E-state index contributed by atoms with van der Waals surface area (Å²) in [4.78, 5) is 26.7. The second-order valence-corrected chi connectivity index (χ2v) is 7.46. The van der Waals surface area contributed by atoms with Crippen LogP contribution in [0.4, 0.5) is 11.4 Å². The molecule has 0 aliphatic carbocycles. The van der Waals surface area contributed by atoms with Gasteiger partial charge in [-0.1, -0.05) is 18.2 Å². The predicted molar refractivity (Wildman–Crippen MR) is 114 cm³/mol. The highest BCUT2D eigenvalue weighted by Gasteiger charge is 2.15. The van der Waals surface area contributed by atoms with E-state index >= 15 is 0 Å². The second kappa shape index (κ2) is 9.32. The fourth-order valence-electron chi connectivity index (χ4n) is 2.61. The number of hydrogen-bond donors (Lipinski definition) is 2. The lowest BCUT2D eigenvalue weighted by molar-refractivity contribution is -0.116. The average molecular weight is 398 g/mol. The number of anilines is 2. The van der Waals surface area contributed by atoms with E-state index in [-0.39, 0.29) is 11.8 Å². The lowest BCUT2D eigenvalue weighted by atomic mass is 10.1. The third-order valence-corrected chi connectivity index (χ3v) is 4.94. The maximum Gasteiger partial charge on any atom is 0.291 e. The summed E-state index contributed by atoms with van der Waals surface area (Å²) < 4.78 is 5.35. The normalized spacial score (nSPS) is 13.1. The van der Waals surface area contributed by atoms with Crippen molar-refractivity contribution in [2.24, 2.45) is 0 Å². The Hall–Kier alpha value is -2.93. The third-order valence-electron chi connectivity index (χ3n) is 4.16. The maximum atomic E-state index is 12.5. The number of rotatable bonds is 6. The molecule has 28 heavy (non-hydrogen) atoms. The molecule has 2 amide bonds. The van der Waals surface area contributed by atoms with Crippen molar-refractivity contribution in [2.45, 2.75) is 6.54 Å². The van der Waals surface area contributed by atoms with Gasteiger partial charge in [0.25, 0.3) is 11.8 Å². The predicted octanol–water partition coefficient (Wildman–Crippen LogP) is 3.23. The summed E-state index contributed by atoms with van der Waals surface area (Å²) in [6, 6.07) is 14.8. The van der Waals surface area contributed by atoms with Crippen molar-refractivity contribution in [3.05, 3.63) is 70.8 Å². The number of nitrogens with one attached hydrogen (secondary N) is 2. The smallest absolute Gasteiger partial charge is 0.291 e. The van der Waals surface area contributed by atoms with Gasteiger partial charge in [0.2, 0.25) is 0 Å². The molecule has 3 rings (SSSR count). The summed E-state index contributed by atoms with van der Waals surface area (Å²) in [6.45, 7) is 0.947. The van der Waals surface area contributed by atoms with Crippen LogP contribution in [0, 0.1) is 0 Å². The summed E-state index contributed by atoms with van der Waals surface area (Å²) >= 11 is 1.54. The van der Waals surface area contributed by atoms with Crippen LogP contribution in [0.2, 0.25) is 0 Å². The first-order chi connectivity index (χ1) is 13.5. The molecule has 0 bridgehead atoms. The van der Waals surface area contributed by atoms with E-state index < -0.39 is 0 Å². The van der Waals surface area contributed by atoms with Crippen LogP contribution >= 0.6 is 11.8 Å². The molecule has 2 aromatic carbocycles. The van der Waals surface area contributed by atoms with E-state index in [2.05, 4.69) is 10.6 Å². The highest BCUT2D eigenvalue weighted by molar-refractivity contribution is 8.02. The number of ether oxygens (including phenoxy) is 1. The summed E-state index contributed by atoms with van der Waals surface area (Å²) in [5.41, 5.74) is 3.15. The highest BCUT2D eigenvalue weighted by Crippen LogP contribution is 2.18. The van der Waals surface area contributed by atoms with E-state index in [0.29, 0.717) is 30.2 Å². The molecule has 1 heterocycles. The molecule has 1 aliphatic rings. The molecule has 0 saturated heterocycles. The Morgan fingerprint density at radius 3 is 2.57 bits per heavy atom. The molecule has 6 nitrogen and oxygen atoms in total. The number of hydrogen-bond acceptors (Lipinski definition) is 5. The van der Waals surface area contributed by atoms with Gasteiger partial charge in [-0.3, -0.25) is 9.59 Å². The van der Waals surface area contributed by atoms with Crippen molar-refractivity contribution in [3.8, 4) is 0 Å². The van der Waals surface area contributed by atoms with Crippen molar-refractivity contribution in [2.75, 3.05) is 36.7 Å². The van der Waals surface area contributed by atoms with Crippen LogP contribution in [0.15, 0.2) is 59.7 Å². The number of carbonyl (C=O) groups excluding carboxylic acids is 2. The first-order valence-electron chi connectivity index (χ1n) is 8.93. The number of benzene rings is 2. The van der Waals surface area contributed by atoms with Gasteiger partial charge < -0.3 is 20.3 Å². The topological polar surface area (TPSA) is 70.7 Å². The van der Waals surface area contributed by atoms with Gasteiger partial charge in [-0.15, -0.1) is 11.8 Å². The lowest BCUT2D eigenvalue weighted by Crippen LogP contribution is -2.23. The van der Waals surface area contributed by atoms with E-state index in [1.165, 1.54) is 0 Å². The largest absolute Gasteiger partial charge is 0.487 e. The SMILES string of the molecule is CN(C)c1ccc(CNC(=O)c2cccc(NC(=O)C3=CSCCO3)c2)cc1. The van der Waals surface area contributed by atoms with E-state index in [1.54, 1.807) is 41.4 Å². The molecule has 0 radical (unpaired) electrons. The van der Waals surface area contributed by atoms with Crippen LogP contribution in [0.1, 0.15) is 15.9 Å². The standard InChI is InChI=1S/C21H23N3O3S/c1-24(2)18-8-6-15(7-9-18)13-22-20(25)16-4-3-5-17(12-16)23-21(26)19-14-28-11-10-27-19/h3-9,12,14H,10-11,13H2,1-2H3,(H,22,25)(H,23,26). The molecule has 0 saturated carbocycles. The molecule has 0 spiro atoms. The van der Waals surface area contributed by atoms with Crippen LogP contribution in [0.25, 0.3) is 0 Å². The van der Waals surface area contributed by atoms with Crippen molar-refractivity contribution in [1.82, 2.24) is 5.32 Å². The molecule has 0 fully saturated rings. The molecular weight excluding hydrogens is 374 g/mol. The molecule has 2 aromatic rings. The maximum absolute atomic E-state index is 12.5. The number of carbonyl (C=O) groups is 2. The van der Waals surface area contributed by atoms with Crippen LogP contribution < -0.4 is 15.5 Å². The van der Waals surface area contributed by atoms with E-state index in [4.69, 9.17) is 4.74 Å². The number of amides is 2. The zero-order valence-corrected chi connectivity index (χ0v) is 16.7. The van der Waals surface area contributed by atoms with Crippen LogP contribution in [-0.2, 0) is 16.1 Å². The number of nitrogens with zero attached hydrogens (tertiary/aromatic N) is 1. The summed E-state index contributed by atoms with van der Waals surface area (Å²) in [5, 5.41) is 7.38. The molecule has 0 atom stereocenters. The van der Waals surface area contributed by atoms with E-state index in [1.807, 2.05) is 43.3 Å². The Labute approximate surface area is 168 Å². The summed E-state index contributed by atoms with van der Waals surface area (Å²) in [7, 11) is 3.97. The van der Waals surface area contributed by atoms with Gasteiger partial charge >= 0.3 is 0 Å². The Kier molecular flexibility index (Phi) is 6.60. The van der Waals surface area contributed by atoms with Gasteiger partial charge in [0, 0.05) is 48.7 Å². The van der Waals surface area contributed by atoms with Crippen molar-refractivity contribution in [1.29, 1.82) is 0 Å². The monoisotopic (exact) mass is 397 g/mol. The molecule has 1 aliphatic heterocycles. The minimum absolute atomic E-state index is 0.198. The van der Waals surface area contributed by atoms with Gasteiger partial charge in [-0.05, 0) is 35.9 Å². The van der Waals surface area contributed by atoms with Crippen molar-refractivity contribution < 1.29 is 14.3 Å². The fourth-order valence-corrected chi connectivity index (χ4v) is 3.24.